The first-order valence-corrected chi connectivity index (χ1v) is 10.8. The fourth-order valence-electron chi connectivity index (χ4n) is 4.50. The van der Waals surface area contributed by atoms with Crippen LogP contribution in [-0.4, -0.2) is 63.1 Å². The average molecular weight is 386 g/mol. The van der Waals surface area contributed by atoms with Gasteiger partial charge in [-0.15, -0.1) is 16.4 Å². The minimum absolute atomic E-state index is 0.0563. The fourth-order valence-corrected chi connectivity index (χ4v) is 5.79. The number of hydrogen-bond acceptors (Lipinski definition) is 5. The van der Waals surface area contributed by atoms with Gasteiger partial charge in [0.2, 0.25) is 5.82 Å². The Kier molecular flexibility index (Phi) is 4.12. The number of amides is 1. The smallest absolute Gasteiger partial charge is 0.293 e. The largest absolute Gasteiger partial charge is 0.332 e. The number of fused-ring (bicyclic) bond motifs is 5. The number of nitrogens with one attached hydrogen (secondary N) is 1. The number of rotatable bonds is 2. The van der Waals surface area contributed by atoms with Crippen LogP contribution < -0.4 is 4.90 Å². The SMILES string of the molecule is CC[NH+]1CCN(C(=O)c2nc3c4c5c(sc4ncn3n2)CCC[C@H]5C)CC1. The summed E-state index contributed by atoms with van der Waals surface area (Å²) < 4.78 is 1.69. The third-order valence-corrected chi connectivity index (χ3v) is 7.30. The zero-order chi connectivity index (χ0) is 18.5. The fraction of sp³-hybridized carbons (Fsp3) is 0.579. The molecule has 5 rings (SSSR count). The van der Waals surface area contributed by atoms with Crippen LogP contribution in [0.15, 0.2) is 6.33 Å². The maximum absolute atomic E-state index is 13.0. The molecule has 0 bridgehead atoms. The summed E-state index contributed by atoms with van der Waals surface area (Å²) in [6.45, 7) is 9.13. The number of thiophene rings is 1. The summed E-state index contributed by atoms with van der Waals surface area (Å²) in [5.41, 5.74) is 2.17. The van der Waals surface area contributed by atoms with Crippen molar-refractivity contribution in [2.75, 3.05) is 32.7 Å². The van der Waals surface area contributed by atoms with Crippen molar-refractivity contribution in [2.24, 2.45) is 0 Å². The molecule has 7 nitrogen and oxygen atoms in total. The van der Waals surface area contributed by atoms with E-state index in [0.29, 0.717) is 11.7 Å². The van der Waals surface area contributed by atoms with Gasteiger partial charge in [0.1, 0.15) is 11.2 Å². The molecule has 1 N–H and O–H groups in total. The van der Waals surface area contributed by atoms with Crippen LogP contribution in [0.2, 0.25) is 0 Å². The molecule has 0 spiro atoms. The number of carbonyl (C=O) groups excluding carboxylic acids is 1. The highest BCUT2D eigenvalue weighted by Crippen LogP contribution is 2.42. The second-order valence-electron chi connectivity index (χ2n) is 7.76. The molecular weight excluding hydrogens is 360 g/mol. The van der Waals surface area contributed by atoms with Crippen molar-refractivity contribution in [3.63, 3.8) is 0 Å². The Bertz CT molecular complexity index is 1020. The molecule has 27 heavy (non-hydrogen) atoms. The number of aryl methyl sites for hydroxylation is 1. The van der Waals surface area contributed by atoms with Gasteiger partial charge in [-0.2, -0.15) is 0 Å². The van der Waals surface area contributed by atoms with Gasteiger partial charge in [0.25, 0.3) is 5.91 Å². The minimum Gasteiger partial charge on any atom is -0.332 e. The van der Waals surface area contributed by atoms with Crippen LogP contribution >= 0.6 is 11.3 Å². The summed E-state index contributed by atoms with van der Waals surface area (Å²) in [5.74, 6) is 0.753. The molecular formula is C19H25N6OS+. The van der Waals surface area contributed by atoms with Crippen LogP contribution in [0, 0.1) is 0 Å². The Morgan fingerprint density at radius 3 is 2.96 bits per heavy atom. The minimum atomic E-state index is -0.0563. The Balaban J connectivity index is 1.55. The van der Waals surface area contributed by atoms with E-state index in [4.69, 9.17) is 4.98 Å². The lowest BCUT2D eigenvalue weighted by Crippen LogP contribution is -3.14. The van der Waals surface area contributed by atoms with Crippen molar-refractivity contribution in [2.45, 2.75) is 39.0 Å². The lowest BCUT2D eigenvalue weighted by molar-refractivity contribution is -0.902. The zero-order valence-electron chi connectivity index (χ0n) is 15.9. The van der Waals surface area contributed by atoms with Gasteiger partial charge in [0, 0.05) is 4.88 Å². The Hall–Kier alpha value is -2.06. The van der Waals surface area contributed by atoms with Crippen molar-refractivity contribution in [1.82, 2.24) is 24.5 Å². The van der Waals surface area contributed by atoms with Crippen molar-refractivity contribution in [1.29, 1.82) is 0 Å². The first-order valence-electron chi connectivity index (χ1n) is 9.95. The van der Waals surface area contributed by atoms with E-state index in [-0.39, 0.29) is 5.91 Å². The van der Waals surface area contributed by atoms with Crippen molar-refractivity contribution < 1.29 is 9.69 Å². The molecule has 8 heteroatoms. The van der Waals surface area contributed by atoms with E-state index in [2.05, 4.69) is 23.9 Å². The van der Waals surface area contributed by atoms with E-state index in [9.17, 15) is 4.79 Å². The summed E-state index contributed by atoms with van der Waals surface area (Å²) in [5, 5.41) is 5.59. The number of quaternary nitrogens is 1. The van der Waals surface area contributed by atoms with E-state index in [1.165, 1.54) is 23.3 Å². The Morgan fingerprint density at radius 1 is 1.37 bits per heavy atom. The lowest BCUT2D eigenvalue weighted by Gasteiger charge is -2.30. The Morgan fingerprint density at radius 2 is 2.19 bits per heavy atom. The third-order valence-electron chi connectivity index (χ3n) is 6.13. The highest BCUT2D eigenvalue weighted by molar-refractivity contribution is 7.19. The summed E-state index contributed by atoms with van der Waals surface area (Å²) in [6, 6.07) is 0. The maximum atomic E-state index is 13.0. The standard InChI is InChI=1S/C19H24N6OS/c1-3-23-7-9-24(10-8-23)19(26)16-21-17-15-14-12(2)5-4-6-13(14)27-18(15)20-11-25(17)22-16/h11-12H,3-10H2,1-2H3/p+1/t12-/m1/s1. The third kappa shape index (κ3) is 2.73. The molecule has 1 fully saturated rings. The van der Waals surface area contributed by atoms with Gasteiger partial charge < -0.3 is 9.80 Å². The zero-order valence-corrected chi connectivity index (χ0v) is 16.7. The molecule has 3 aromatic rings. The molecule has 0 saturated carbocycles. The van der Waals surface area contributed by atoms with Crippen LogP contribution in [0.3, 0.4) is 0 Å². The normalized spacial score (nSPS) is 21.1. The molecule has 1 atom stereocenters. The monoisotopic (exact) mass is 385 g/mol. The molecule has 1 aliphatic carbocycles. The molecule has 1 aliphatic heterocycles. The van der Waals surface area contributed by atoms with Gasteiger partial charge in [-0.05, 0) is 37.7 Å². The summed E-state index contributed by atoms with van der Waals surface area (Å²) >= 11 is 1.78. The van der Waals surface area contributed by atoms with Crippen molar-refractivity contribution in [3.8, 4) is 0 Å². The quantitative estimate of drug-likeness (QED) is 0.718. The molecule has 0 unspecified atom stereocenters. The van der Waals surface area contributed by atoms with Gasteiger partial charge in [0.15, 0.2) is 5.65 Å². The molecule has 4 heterocycles. The number of carbonyl (C=O) groups is 1. The van der Waals surface area contributed by atoms with Crippen LogP contribution in [0.4, 0.5) is 0 Å². The van der Waals surface area contributed by atoms with Gasteiger partial charge >= 0.3 is 0 Å². The Labute approximate surface area is 162 Å². The summed E-state index contributed by atoms with van der Waals surface area (Å²) in [7, 11) is 0. The number of nitrogens with zero attached hydrogens (tertiary/aromatic N) is 5. The molecule has 3 aromatic heterocycles. The van der Waals surface area contributed by atoms with Crippen molar-refractivity contribution in [3.05, 3.63) is 22.6 Å². The number of aromatic nitrogens is 4. The molecule has 0 radical (unpaired) electrons. The molecule has 1 amide bonds. The molecule has 1 saturated heterocycles. The van der Waals surface area contributed by atoms with Crippen LogP contribution in [0.5, 0.6) is 0 Å². The van der Waals surface area contributed by atoms with Gasteiger partial charge in [-0.25, -0.2) is 14.5 Å². The van der Waals surface area contributed by atoms with E-state index in [0.717, 1.165) is 55.0 Å². The van der Waals surface area contributed by atoms with Crippen LogP contribution in [0.25, 0.3) is 15.9 Å². The predicted octanol–water partition coefficient (Wildman–Crippen LogP) is 1.14. The molecule has 0 aromatic carbocycles. The van der Waals surface area contributed by atoms with Gasteiger partial charge in [-0.3, -0.25) is 4.79 Å². The molecule has 2 aliphatic rings. The molecule has 142 valence electrons. The van der Waals surface area contributed by atoms with E-state index in [1.807, 2.05) is 4.90 Å². The van der Waals surface area contributed by atoms with Gasteiger partial charge in [-0.1, -0.05) is 6.92 Å². The first-order chi connectivity index (χ1) is 13.2. The summed E-state index contributed by atoms with van der Waals surface area (Å²) in [6.07, 6.45) is 5.26. The number of likely N-dealkylation sites (N-methyl/N-ethyl adjacent to an activating group) is 1. The van der Waals surface area contributed by atoms with E-state index >= 15 is 0 Å². The van der Waals surface area contributed by atoms with Gasteiger partial charge in [0.05, 0.1) is 38.1 Å². The summed E-state index contributed by atoms with van der Waals surface area (Å²) in [4.78, 5) is 28.1. The number of hydrogen-bond donors (Lipinski definition) is 1. The average Bonchev–Trinajstić information content (AvgIpc) is 3.29. The van der Waals surface area contributed by atoms with E-state index < -0.39 is 0 Å². The van der Waals surface area contributed by atoms with Crippen molar-refractivity contribution >= 4 is 33.1 Å². The maximum Gasteiger partial charge on any atom is 0.293 e. The van der Waals surface area contributed by atoms with E-state index in [1.54, 1.807) is 27.1 Å². The topological polar surface area (TPSA) is 67.8 Å². The van der Waals surface area contributed by atoms with Crippen LogP contribution in [0.1, 0.15) is 53.7 Å². The lowest BCUT2D eigenvalue weighted by atomic mass is 9.87. The second kappa shape index (κ2) is 6.53. The highest BCUT2D eigenvalue weighted by Gasteiger charge is 2.29. The second-order valence-corrected chi connectivity index (χ2v) is 8.84. The highest BCUT2D eigenvalue weighted by atomic mass is 32.1. The predicted molar refractivity (Wildman–Crippen MR) is 105 cm³/mol. The first kappa shape index (κ1) is 17.1. The number of piperazine rings is 1. The van der Waals surface area contributed by atoms with Crippen LogP contribution in [-0.2, 0) is 6.42 Å².